The number of amides is 1. The predicted octanol–water partition coefficient (Wildman–Crippen LogP) is 1.95. The maximum absolute atomic E-state index is 11.0. The molecule has 2 atom stereocenters. The zero-order valence-electron chi connectivity index (χ0n) is 8.31. The summed E-state index contributed by atoms with van der Waals surface area (Å²) in [5.41, 5.74) is 0.336. The summed E-state index contributed by atoms with van der Waals surface area (Å²) in [5.74, 6) is 0.925. The first kappa shape index (κ1) is 9.56. The van der Waals surface area contributed by atoms with E-state index in [-0.39, 0.29) is 5.91 Å². The number of carbonyl (C=O) groups is 1. The van der Waals surface area contributed by atoms with Crippen LogP contribution < -0.4 is 5.32 Å². The Morgan fingerprint density at radius 3 is 2.75 bits per heavy atom. The highest BCUT2D eigenvalue weighted by Crippen LogP contribution is 2.35. The second kappa shape index (κ2) is 3.46. The lowest BCUT2D eigenvalue weighted by Gasteiger charge is -2.38. The van der Waals surface area contributed by atoms with Gasteiger partial charge < -0.3 is 5.32 Å². The number of hydrogen-bond acceptors (Lipinski definition) is 1. The first-order valence-electron chi connectivity index (χ1n) is 4.85. The van der Waals surface area contributed by atoms with E-state index in [4.69, 9.17) is 0 Å². The molecule has 0 aliphatic carbocycles. The summed E-state index contributed by atoms with van der Waals surface area (Å²) in [6.45, 7) is 7.63. The van der Waals surface area contributed by atoms with Gasteiger partial charge in [0.1, 0.15) is 0 Å². The average molecular weight is 169 g/mol. The molecule has 2 unspecified atom stereocenters. The van der Waals surface area contributed by atoms with E-state index in [0.29, 0.717) is 17.8 Å². The van der Waals surface area contributed by atoms with Gasteiger partial charge in [-0.15, -0.1) is 0 Å². The van der Waals surface area contributed by atoms with Crippen molar-refractivity contribution >= 4 is 5.91 Å². The van der Waals surface area contributed by atoms with E-state index in [0.717, 1.165) is 13.0 Å². The van der Waals surface area contributed by atoms with Crippen molar-refractivity contribution in [3.8, 4) is 0 Å². The lowest BCUT2D eigenvalue weighted by Crippen LogP contribution is -2.44. The number of piperidine rings is 1. The van der Waals surface area contributed by atoms with Gasteiger partial charge in [0.25, 0.3) is 0 Å². The molecule has 0 saturated carbocycles. The molecule has 1 amide bonds. The molecular formula is C10H19NO. The van der Waals surface area contributed by atoms with Crippen molar-refractivity contribution in [2.45, 2.75) is 40.0 Å². The largest absolute Gasteiger partial charge is 0.356 e. The van der Waals surface area contributed by atoms with Gasteiger partial charge in [-0.05, 0) is 17.8 Å². The van der Waals surface area contributed by atoms with E-state index in [2.05, 4.69) is 26.1 Å². The lowest BCUT2D eigenvalue weighted by atomic mass is 9.72. The van der Waals surface area contributed by atoms with Crippen LogP contribution in [-0.4, -0.2) is 12.5 Å². The van der Waals surface area contributed by atoms with Gasteiger partial charge in [0.05, 0.1) is 0 Å². The zero-order chi connectivity index (χ0) is 9.19. The number of hydrogen-bond donors (Lipinski definition) is 1. The van der Waals surface area contributed by atoms with Gasteiger partial charge in [-0.3, -0.25) is 4.79 Å². The SMILES string of the molecule is CCC(C)C1(C)CCC(=O)NC1. The van der Waals surface area contributed by atoms with E-state index < -0.39 is 0 Å². The minimum Gasteiger partial charge on any atom is -0.356 e. The first-order chi connectivity index (χ1) is 5.58. The highest BCUT2D eigenvalue weighted by Gasteiger charge is 2.33. The van der Waals surface area contributed by atoms with E-state index >= 15 is 0 Å². The van der Waals surface area contributed by atoms with Crippen LogP contribution in [0.4, 0.5) is 0 Å². The molecule has 0 spiro atoms. The van der Waals surface area contributed by atoms with Crippen LogP contribution in [0.25, 0.3) is 0 Å². The Labute approximate surface area is 74.7 Å². The molecule has 1 aliphatic heterocycles. The Morgan fingerprint density at radius 2 is 2.33 bits per heavy atom. The van der Waals surface area contributed by atoms with E-state index in [9.17, 15) is 4.79 Å². The molecular weight excluding hydrogens is 150 g/mol. The van der Waals surface area contributed by atoms with E-state index in [1.807, 2.05) is 0 Å². The molecule has 1 N–H and O–H groups in total. The standard InChI is InChI=1S/C10H19NO/c1-4-8(2)10(3)6-5-9(12)11-7-10/h8H,4-7H2,1-3H3,(H,11,12). The van der Waals surface area contributed by atoms with Crippen LogP contribution in [0.15, 0.2) is 0 Å². The van der Waals surface area contributed by atoms with Crippen LogP contribution in [0.2, 0.25) is 0 Å². The van der Waals surface area contributed by atoms with Gasteiger partial charge >= 0.3 is 0 Å². The summed E-state index contributed by atoms with van der Waals surface area (Å²) in [4.78, 5) is 11.0. The summed E-state index contributed by atoms with van der Waals surface area (Å²) in [6.07, 6.45) is 2.96. The van der Waals surface area contributed by atoms with Crippen molar-refractivity contribution in [3.05, 3.63) is 0 Å². The monoisotopic (exact) mass is 169 g/mol. The average Bonchev–Trinajstić information content (AvgIpc) is 2.09. The Balaban J connectivity index is 2.55. The Kier molecular flexibility index (Phi) is 2.76. The highest BCUT2D eigenvalue weighted by atomic mass is 16.1. The quantitative estimate of drug-likeness (QED) is 0.672. The van der Waals surface area contributed by atoms with Crippen molar-refractivity contribution < 1.29 is 4.79 Å². The normalized spacial score (nSPS) is 32.8. The third-order valence-corrected chi connectivity index (χ3v) is 3.41. The summed E-state index contributed by atoms with van der Waals surface area (Å²) in [7, 11) is 0. The van der Waals surface area contributed by atoms with Gasteiger partial charge in [0.15, 0.2) is 0 Å². The highest BCUT2D eigenvalue weighted by molar-refractivity contribution is 5.76. The number of nitrogens with one attached hydrogen (secondary N) is 1. The third kappa shape index (κ3) is 1.79. The van der Waals surface area contributed by atoms with Crippen LogP contribution in [0.1, 0.15) is 40.0 Å². The fourth-order valence-corrected chi connectivity index (χ4v) is 1.79. The molecule has 70 valence electrons. The minimum absolute atomic E-state index is 0.218. The van der Waals surface area contributed by atoms with E-state index in [1.165, 1.54) is 6.42 Å². The maximum atomic E-state index is 11.0. The topological polar surface area (TPSA) is 29.1 Å². The fourth-order valence-electron chi connectivity index (χ4n) is 1.79. The second-order valence-corrected chi connectivity index (χ2v) is 4.24. The molecule has 1 aliphatic rings. The summed E-state index contributed by atoms with van der Waals surface area (Å²) in [5, 5.41) is 2.95. The Bertz CT molecular complexity index is 167. The smallest absolute Gasteiger partial charge is 0.220 e. The summed E-state index contributed by atoms with van der Waals surface area (Å²) < 4.78 is 0. The zero-order valence-corrected chi connectivity index (χ0v) is 8.31. The molecule has 12 heavy (non-hydrogen) atoms. The van der Waals surface area contributed by atoms with Crippen LogP contribution in [0.3, 0.4) is 0 Å². The molecule has 0 radical (unpaired) electrons. The minimum atomic E-state index is 0.218. The summed E-state index contributed by atoms with van der Waals surface area (Å²) >= 11 is 0. The van der Waals surface area contributed by atoms with Gasteiger partial charge in [-0.2, -0.15) is 0 Å². The van der Waals surface area contributed by atoms with Crippen LogP contribution in [-0.2, 0) is 4.79 Å². The van der Waals surface area contributed by atoms with Crippen molar-refractivity contribution in [1.82, 2.24) is 5.32 Å². The first-order valence-corrected chi connectivity index (χ1v) is 4.85. The molecule has 2 heteroatoms. The van der Waals surface area contributed by atoms with Gasteiger partial charge in [-0.25, -0.2) is 0 Å². The Morgan fingerprint density at radius 1 is 1.67 bits per heavy atom. The number of carbonyl (C=O) groups excluding carboxylic acids is 1. The van der Waals surface area contributed by atoms with Gasteiger partial charge in [0, 0.05) is 13.0 Å². The molecule has 1 fully saturated rings. The van der Waals surface area contributed by atoms with E-state index in [1.54, 1.807) is 0 Å². The molecule has 0 bridgehead atoms. The van der Waals surface area contributed by atoms with Crippen LogP contribution >= 0.6 is 0 Å². The lowest BCUT2D eigenvalue weighted by molar-refractivity contribution is -0.124. The fraction of sp³-hybridized carbons (Fsp3) is 0.900. The summed E-state index contributed by atoms with van der Waals surface area (Å²) in [6, 6.07) is 0. The molecule has 0 aromatic rings. The third-order valence-electron chi connectivity index (χ3n) is 3.41. The van der Waals surface area contributed by atoms with Crippen molar-refractivity contribution in [2.75, 3.05) is 6.54 Å². The molecule has 1 rings (SSSR count). The van der Waals surface area contributed by atoms with Crippen LogP contribution in [0, 0.1) is 11.3 Å². The van der Waals surface area contributed by atoms with Crippen molar-refractivity contribution in [3.63, 3.8) is 0 Å². The van der Waals surface area contributed by atoms with Crippen molar-refractivity contribution in [1.29, 1.82) is 0 Å². The van der Waals surface area contributed by atoms with Gasteiger partial charge in [0.2, 0.25) is 5.91 Å². The molecule has 1 heterocycles. The predicted molar refractivity (Wildman–Crippen MR) is 49.8 cm³/mol. The number of rotatable bonds is 2. The van der Waals surface area contributed by atoms with Crippen LogP contribution in [0.5, 0.6) is 0 Å². The molecule has 2 nitrogen and oxygen atoms in total. The molecule has 1 saturated heterocycles. The molecule has 0 aromatic carbocycles. The maximum Gasteiger partial charge on any atom is 0.220 e. The molecule has 0 aromatic heterocycles. The van der Waals surface area contributed by atoms with Gasteiger partial charge in [-0.1, -0.05) is 27.2 Å². The van der Waals surface area contributed by atoms with Crippen molar-refractivity contribution in [2.24, 2.45) is 11.3 Å². The Hall–Kier alpha value is -0.530. The second-order valence-electron chi connectivity index (χ2n) is 4.24.